The standard InChI is InChI=1S/C28H28N2O8/c31-25(17-26(32)33)29-21-11-14-24(38-18-27(34)35)23(16-21)30-28(36)20-9-12-22(13-10-20)37-15-5-4-8-19-6-2-1-3-7-19/h1-3,6-7,9-14,16H,4-5,8,15,17-18H2,(H,29,31)(H,30,36)(H,32,33)(H,34,35). The van der Waals surface area contributed by atoms with Crippen molar-refractivity contribution in [3.63, 3.8) is 0 Å². The quantitative estimate of drug-likeness (QED) is 0.182. The lowest BCUT2D eigenvalue weighted by atomic mass is 10.1. The molecule has 3 rings (SSSR count). The first-order valence-corrected chi connectivity index (χ1v) is 11.9. The molecule has 38 heavy (non-hydrogen) atoms. The van der Waals surface area contributed by atoms with Crippen molar-refractivity contribution in [2.75, 3.05) is 23.8 Å². The molecule has 2 amide bonds. The van der Waals surface area contributed by atoms with Crippen LogP contribution in [0.3, 0.4) is 0 Å². The summed E-state index contributed by atoms with van der Waals surface area (Å²) in [5.74, 6) is -3.09. The molecule has 0 saturated carbocycles. The van der Waals surface area contributed by atoms with Crippen LogP contribution in [0.25, 0.3) is 0 Å². The summed E-state index contributed by atoms with van der Waals surface area (Å²) in [7, 11) is 0. The number of nitrogens with one attached hydrogen (secondary N) is 2. The molecule has 0 fully saturated rings. The molecule has 0 spiro atoms. The number of anilines is 2. The molecule has 3 aromatic carbocycles. The Bertz CT molecular complexity index is 1260. The summed E-state index contributed by atoms with van der Waals surface area (Å²) in [6.45, 7) is -0.103. The molecule has 10 heteroatoms. The number of carbonyl (C=O) groups excluding carboxylic acids is 2. The van der Waals surface area contributed by atoms with Crippen molar-refractivity contribution in [1.29, 1.82) is 0 Å². The third kappa shape index (κ3) is 9.30. The second-order valence-corrected chi connectivity index (χ2v) is 8.28. The number of hydrogen-bond acceptors (Lipinski definition) is 6. The van der Waals surface area contributed by atoms with Crippen molar-refractivity contribution in [2.24, 2.45) is 0 Å². The summed E-state index contributed by atoms with van der Waals surface area (Å²) in [6, 6.07) is 20.9. The van der Waals surface area contributed by atoms with Crippen molar-refractivity contribution < 1.29 is 38.9 Å². The Hall–Kier alpha value is -4.86. The molecule has 0 saturated heterocycles. The highest BCUT2D eigenvalue weighted by Gasteiger charge is 2.14. The number of benzene rings is 3. The van der Waals surface area contributed by atoms with E-state index in [0.717, 1.165) is 19.3 Å². The highest BCUT2D eigenvalue weighted by Crippen LogP contribution is 2.29. The minimum Gasteiger partial charge on any atom is -0.494 e. The van der Waals surface area contributed by atoms with Crippen molar-refractivity contribution >= 4 is 35.1 Å². The monoisotopic (exact) mass is 520 g/mol. The predicted octanol–water partition coefficient (Wildman–Crippen LogP) is 4.22. The number of carbonyl (C=O) groups is 4. The molecule has 198 valence electrons. The van der Waals surface area contributed by atoms with Crippen LogP contribution >= 0.6 is 0 Å². The Balaban J connectivity index is 1.58. The van der Waals surface area contributed by atoms with Gasteiger partial charge in [-0.1, -0.05) is 30.3 Å². The largest absolute Gasteiger partial charge is 0.494 e. The topological polar surface area (TPSA) is 151 Å². The van der Waals surface area contributed by atoms with E-state index in [0.29, 0.717) is 17.9 Å². The lowest BCUT2D eigenvalue weighted by molar-refractivity contribution is -0.140. The van der Waals surface area contributed by atoms with Gasteiger partial charge in [-0.2, -0.15) is 0 Å². The van der Waals surface area contributed by atoms with Crippen molar-refractivity contribution in [1.82, 2.24) is 0 Å². The number of carboxylic acids is 2. The Morgan fingerprint density at radius 3 is 2.18 bits per heavy atom. The minimum absolute atomic E-state index is 0.0624. The SMILES string of the molecule is O=C(O)COc1ccc(NC(=O)CC(=O)O)cc1NC(=O)c1ccc(OCCCCc2ccccc2)cc1. The maximum atomic E-state index is 12.8. The molecule has 0 aliphatic rings. The van der Waals surface area contributed by atoms with E-state index in [1.165, 1.54) is 23.8 Å². The first kappa shape index (κ1) is 27.7. The molecular formula is C28H28N2O8. The average molecular weight is 521 g/mol. The average Bonchev–Trinajstić information content (AvgIpc) is 2.88. The number of hydrogen-bond donors (Lipinski definition) is 4. The van der Waals surface area contributed by atoms with Gasteiger partial charge < -0.3 is 30.3 Å². The van der Waals surface area contributed by atoms with Crippen molar-refractivity contribution in [3.8, 4) is 11.5 Å². The van der Waals surface area contributed by atoms with Crippen LogP contribution in [0, 0.1) is 0 Å². The van der Waals surface area contributed by atoms with E-state index in [9.17, 15) is 19.2 Å². The molecule has 0 heterocycles. The molecule has 3 aromatic rings. The van der Waals surface area contributed by atoms with E-state index in [1.54, 1.807) is 24.3 Å². The lowest BCUT2D eigenvalue weighted by Gasteiger charge is -2.14. The predicted molar refractivity (Wildman–Crippen MR) is 140 cm³/mol. The Morgan fingerprint density at radius 2 is 1.50 bits per heavy atom. The zero-order chi connectivity index (χ0) is 27.3. The summed E-state index contributed by atoms with van der Waals surface area (Å²) in [5, 5.41) is 22.7. The van der Waals surface area contributed by atoms with E-state index in [4.69, 9.17) is 19.7 Å². The van der Waals surface area contributed by atoms with Gasteiger partial charge in [0.05, 0.1) is 12.3 Å². The van der Waals surface area contributed by atoms with Gasteiger partial charge in [-0.05, 0) is 67.3 Å². The van der Waals surface area contributed by atoms with Crippen molar-refractivity contribution in [3.05, 3.63) is 83.9 Å². The van der Waals surface area contributed by atoms with Crippen molar-refractivity contribution in [2.45, 2.75) is 25.7 Å². The molecule has 0 aliphatic carbocycles. The van der Waals surface area contributed by atoms with Crippen LogP contribution in [0.5, 0.6) is 11.5 Å². The number of carboxylic acid groups (broad SMARTS) is 2. The van der Waals surface area contributed by atoms with Gasteiger partial charge in [0.2, 0.25) is 5.91 Å². The normalized spacial score (nSPS) is 10.3. The fourth-order valence-electron chi connectivity index (χ4n) is 3.48. The Kier molecular flexibility index (Phi) is 10.2. The zero-order valence-electron chi connectivity index (χ0n) is 20.5. The summed E-state index contributed by atoms with van der Waals surface area (Å²) in [5.41, 5.74) is 1.90. The summed E-state index contributed by atoms with van der Waals surface area (Å²) >= 11 is 0. The van der Waals surface area contributed by atoms with Gasteiger partial charge in [-0.3, -0.25) is 14.4 Å². The third-order valence-electron chi connectivity index (χ3n) is 5.26. The fraction of sp³-hybridized carbons (Fsp3) is 0.214. The number of rotatable bonds is 14. The first-order valence-electron chi connectivity index (χ1n) is 11.9. The number of aryl methyl sites for hydroxylation is 1. The van der Waals surface area contributed by atoms with Gasteiger partial charge in [0.25, 0.3) is 5.91 Å². The molecule has 0 radical (unpaired) electrons. The van der Waals surface area contributed by atoms with E-state index in [-0.39, 0.29) is 17.1 Å². The Morgan fingerprint density at radius 1 is 0.763 bits per heavy atom. The lowest BCUT2D eigenvalue weighted by Crippen LogP contribution is -2.17. The summed E-state index contributed by atoms with van der Waals surface area (Å²) < 4.78 is 11.0. The van der Waals surface area contributed by atoms with Gasteiger partial charge in [-0.15, -0.1) is 0 Å². The van der Waals surface area contributed by atoms with Gasteiger partial charge in [0.1, 0.15) is 17.9 Å². The molecule has 0 bridgehead atoms. The molecular weight excluding hydrogens is 492 g/mol. The van der Waals surface area contributed by atoms with E-state index < -0.39 is 36.8 Å². The smallest absolute Gasteiger partial charge is 0.341 e. The van der Waals surface area contributed by atoms with Crippen LogP contribution in [0.1, 0.15) is 35.2 Å². The zero-order valence-corrected chi connectivity index (χ0v) is 20.5. The number of unbranched alkanes of at least 4 members (excludes halogenated alkanes) is 1. The third-order valence-corrected chi connectivity index (χ3v) is 5.26. The van der Waals surface area contributed by atoms with Crippen LogP contribution in [0.15, 0.2) is 72.8 Å². The van der Waals surface area contributed by atoms with Gasteiger partial charge >= 0.3 is 11.9 Å². The molecule has 4 N–H and O–H groups in total. The van der Waals surface area contributed by atoms with E-state index in [2.05, 4.69) is 22.8 Å². The van der Waals surface area contributed by atoms with Crippen LogP contribution in [0.4, 0.5) is 11.4 Å². The van der Waals surface area contributed by atoms with Gasteiger partial charge in [-0.25, -0.2) is 4.79 Å². The maximum absolute atomic E-state index is 12.8. The van der Waals surface area contributed by atoms with E-state index >= 15 is 0 Å². The van der Waals surface area contributed by atoms with Crippen LogP contribution in [-0.4, -0.2) is 47.2 Å². The van der Waals surface area contributed by atoms with Crippen LogP contribution in [0.2, 0.25) is 0 Å². The second-order valence-electron chi connectivity index (χ2n) is 8.28. The molecule has 0 atom stereocenters. The maximum Gasteiger partial charge on any atom is 0.341 e. The summed E-state index contributed by atoms with van der Waals surface area (Å²) in [4.78, 5) is 46.3. The first-order chi connectivity index (χ1) is 18.3. The Labute approximate surface area is 219 Å². The van der Waals surface area contributed by atoms with E-state index in [1.807, 2.05) is 18.2 Å². The molecule has 0 aromatic heterocycles. The van der Waals surface area contributed by atoms with Gasteiger partial charge in [0, 0.05) is 11.3 Å². The van der Waals surface area contributed by atoms with Gasteiger partial charge in [0.15, 0.2) is 6.61 Å². The second kappa shape index (κ2) is 14.0. The van der Waals surface area contributed by atoms with Crippen LogP contribution in [-0.2, 0) is 20.8 Å². The fourth-order valence-corrected chi connectivity index (χ4v) is 3.48. The summed E-state index contributed by atoms with van der Waals surface area (Å²) in [6.07, 6.45) is 2.12. The minimum atomic E-state index is -1.29. The van der Waals surface area contributed by atoms with Crippen LogP contribution < -0.4 is 20.1 Å². The highest BCUT2D eigenvalue weighted by atomic mass is 16.5. The number of aliphatic carboxylic acids is 2. The number of amides is 2. The molecule has 10 nitrogen and oxygen atoms in total. The molecule has 0 aliphatic heterocycles. The highest BCUT2D eigenvalue weighted by molar-refractivity contribution is 6.06. The number of ether oxygens (including phenoxy) is 2. The molecule has 0 unspecified atom stereocenters.